The maximum Gasteiger partial charge on any atom is 0.331 e. The quantitative estimate of drug-likeness (QED) is 0.647. The van der Waals surface area contributed by atoms with Crippen LogP contribution in [0.3, 0.4) is 0 Å². The number of benzene rings is 2. The molecular formula is C19H19FN2O3. The van der Waals surface area contributed by atoms with Gasteiger partial charge in [-0.2, -0.15) is 0 Å². The van der Waals surface area contributed by atoms with Crippen LogP contribution in [0, 0.1) is 5.82 Å². The van der Waals surface area contributed by atoms with Gasteiger partial charge >= 0.3 is 5.97 Å². The van der Waals surface area contributed by atoms with Gasteiger partial charge in [-0.3, -0.25) is 4.79 Å². The molecule has 0 aliphatic rings. The molecule has 2 rings (SSSR count). The lowest BCUT2D eigenvalue weighted by atomic mass is 10.2. The number of carbonyl (C=O) groups is 2. The molecule has 0 aromatic heterocycles. The van der Waals surface area contributed by atoms with Crippen LogP contribution in [0.1, 0.15) is 5.56 Å². The molecule has 0 aliphatic heterocycles. The Balaban J connectivity index is 1.81. The second kappa shape index (κ2) is 8.63. The number of carbonyl (C=O) groups excluding carboxylic acids is 2. The molecule has 2 aromatic rings. The van der Waals surface area contributed by atoms with E-state index in [1.807, 2.05) is 31.1 Å². The second-order valence-electron chi connectivity index (χ2n) is 5.45. The number of nitrogens with one attached hydrogen (secondary N) is 1. The first-order chi connectivity index (χ1) is 12.0. The summed E-state index contributed by atoms with van der Waals surface area (Å²) < 4.78 is 18.2. The highest BCUT2D eigenvalue weighted by molar-refractivity contribution is 5.94. The van der Waals surface area contributed by atoms with Crippen molar-refractivity contribution in [2.24, 2.45) is 0 Å². The lowest BCUT2D eigenvalue weighted by Crippen LogP contribution is -2.20. The SMILES string of the molecule is CN(C)c1ccc(NC(=O)COC(=O)/C=C/c2ccccc2F)cc1. The van der Waals surface area contributed by atoms with Crippen molar-refractivity contribution >= 4 is 29.3 Å². The fourth-order valence-corrected chi connectivity index (χ4v) is 1.99. The molecule has 6 heteroatoms. The number of ether oxygens (including phenoxy) is 1. The summed E-state index contributed by atoms with van der Waals surface area (Å²) in [6, 6.07) is 13.3. The minimum atomic E-state index is -0.721. The molecular weight excluding hydrogens is 323 g/mol. The Kier molecular flexibility index (Phi) is 6.28. The summed E-state index contributed by atoms with van der Waals surface area (Å²) in [5, 5.41) is 2.63. The molecule has 0 aliphatic carbocycles. The molecule has 130 valence electrons. The van der Waals surface area contributed by atoms with Gasteiger partial charge in [-0.25, -0.2) is 9.18 Å². The van der Waals surface area contributed by atoms with Gasteiger partial charge in [-0.1, -0.05) is 18.2 Å². The van der Waals surface area contributed by atoms with Crippen molar-refractivity contribution in [1.29, 1.82) is 0 Å². The summed E-state index contributed by atoms with van der Waals surface area (Å²) in [5.74, 6) is -1.61. The molecule has 0 radical (unpaired) electrons. The van der Waals surface area contributed by atoms with Crippen LogP contribution >= 0.6 is 0 Å². The summed E-state index contributed by atoms with van der Waals surface area (Å²) in [4.78, 5) is 25.3. The number of hydrogen-bond donors (Lipinski definition) is 1. The van der Waals surface area contributed by atoms with Gasteiger partial charge in [0.2, 0.25) is 0 Å². The van der Waals surface area contributed by atoms with E-state index < -0.39 is 24.3 Å². The van der Waals surface area contributed by atoms with Crippen LogP contribution in [0.15, 0.2) is 54.6 Å². The molecule has 1 N–H and O–H groups in total. The number of esters is 1. The average molecular weight is 342 g/mol. The van der Waals surface area contributed by atoms with Gasteiger partial charge in [0.25, 0.3) is 5.91 Å². The van der Waals surface area contributed by atoms with E-state index >= 15 is 0 Å². The van der Waals surface area contributed by atoms with Crippen LogP contribution in [0.2, 0.25) is 0 Å². The number of amides is 1. The maximum atomic E-state index is 13.4. The molecule has 0 spiro atoms. The largest absolute Gasteiger partial charge is 0.452 e. The molecule has 0 fully saturated rings. The van der Waals surface area contributed by atoms with Gasteiger partial charge in [0.15, 0.2) is 6.61 Å². The van der Waals surface area contributed by atoms with Crippen LogP contribution in [0.25, 0.3) is 6.08 Å². The van der Waals surface area contributed by atoms with Gasteiger partial charge in [-0.15, -0.1) is 0 Å². The molecule has 0 saturated carbocycles. The fourth-order valence-electron chi connectivity index (χ4n) is 1.99. The number of hydrogen-bond acceptors (Lipinski definition) is 4. The zero-order valence-corrected chi connectivity index (χ0v) is 14.0. The zero-order valence-electron chi connectivity index (χ0n) is 14.0. The van der Waals surface area contributed by atoms with Crippen molar-refractivity contribution in [3.05, 3.63) is 66.0 Å². The van der Waals surface area contributed by atoms with Crippen LogP contribution in [-0.4, -0.2) is 32.6 Å². The zero-order chi connectivity index (χ0) is 18.2. The predicted octanol–water partition coefficient (Wildman–Crippen LogP) is 3.09. The third-order valence-corrected chi connectivity index (χ3v) is 3.32. The summed E-state index contributed by atoms with van der Waals surface area (Å²) in [6.07, 6.45) is 2.38. The van der Waals surface area contributed by atoms with E-state index in [0.29, 0.717) is 5.69 Å². The smallest absolute Gasteiger partial charge is 0.331 e. The first-order valence-corrected chi connectivity index (χ1v) is 7.62. The van der Waals surface area contributed by atoms with Crippen molar-refractivity contribution in [2.45, 2.75) is 0 Å². The van der Waals surface area contributed by atoms with Gasteiger partial charge in [0.1, 0.15) is 5.82 Å². The summed E-state index contributed by atoms with van der Waals surface area (Å²) in [6.45, 7) is -0.421. The summed E-state index contributed by atoms with van der Waals surface area (Å²) >= 11 is 0. The molecule has 0 saturated heterocycles. The van der Waals surface area contributed by atoms with Gasteiger partial charge in [-0.05, 0) is 36.4 Å². The minimum absolute atomic E-state index is 0.268. The highest BCUT2D eigenvalue weighted by Crippen LogP contribution is 2.15. The van der Waals surface area contributed by atoms with Gasteiger partial charge in [0.05, 0.1) is 0 Å². The Morgan fingerprint density at radius 3 is 2.44 bits per heavy atom. The molecule has 5 nitrogen and oxygen atoms in total. The summed E-state index contributed by atoms with van der Waals surface area (Å²) in [5.41, 5.74) is 1.88. The van der Waals surface area contributed by atoms with E-state index in [1.54, 1.807) is 24.3 Å². The van der Waals surface area contributed by atoms with Crippen molar-refractivity contribution in [1.82, 2.24) is 0 Å². The van der Waals surface area contributed by atoms with Gasteiger partial charge < -0.3 is 15.0 Å². The predicted molar refractivity (Wildman–Crippen MR) is 95.8 cm³/mol. The van der Waals surface area contributed by atoms with E-state index in [2.05, 4.69) is 5.32 Å². The lowest BCUT2D eigenvalue weighted by molar-refractivity contribution is -0.142. The van der Waals surface area contributed by atoms with E-state index in [4.69, 9.17) is 4.74 Å². The first-order valence-electron chi connectivity index (χ1n) is 7.62. The molecule has 1 amide bonds. The Hall–Kier alpha value is -3.15. The lowest BCUT2D eigenvalue weighted by Gasteiger charge is -2.13. The molecule has 0 unspecified atom stereocenters. The van der Waals surface area contributed by atoms with E-state index in [1.165, 1.54) is 18.2 Å². The van der Waals surface area contributed by atoms with Gasteiger partial charge in [0, 0.05) is 37.1 Å². The standard InChI is InChI=1S/C19H19FN2O3/c1-22(2)16-10-8-15(9-11-16)21-18(23)13-25-19(24)12-7-14-5-3-4-6-17(14)20/h3-12H,13H2,1-2H3,(H,21,23)/b12-7+. The Bertz CT molecular complexity index is 770. The third-order valence-electron chi connectivity index (χ3n) is 3.32. The molecule has 0 heterocycles. The molecule has 0 bridgehead atoms. The normalized spacial score (nSPS) is 10.5. The van der Waals surface area contributed by atoms with Crippen LogP contribution in [0.4, 0.5) is 15.8 Å². The van der Waals surface area contributed by atoms with Crippen LogP contribution in [0.5, 0.6) is 0 Å². The van der Waals surface area contributed by atoms with Crippen molar-refractivity contribution in [2.75, 3.05) is 30.9 Å². The second-order valence-corrected chi connectivity index (χ2v) is 5.45. The Morgan fingerprint density at radius 1 is 1.12 bits per heavy atom. The van der Waals surface area contributed by atoms with E-state index in [-0.39, 0.29) is 5.56 Å². The Morgan fingerprint density at radius 2 is 1.80 bits per heavy atom. The van der Waals surface area contributed by atoms with Crippen molar-refractivity contribution in [3.8, 4) is 0 Å². The summed E-state index contributed by atoms with van der Waals surface area (Å²) in [7, 11) is 3.84. The van der Waals surface area contributed by atoms with Crippen molar-refractivity contribution in [3.63, 3.8) is 0 Å². The molecule has 0 atom stereocenters. The number of halogens is 1. The number of nitrogens with zero attached hydrogens (tertiary/aromatic N) is 1. The van der Waals surface area contributed by atoms with Crippen LogP contribution < -0.4 is 10.2 Å². The first kappa shape index (κ1) is 18.2. The highest BCUT2D eigenvalue weighted by Gasteiger charge is 2.06. The number of rotatable bonds is 6. The Labute approximate surface area is 145 Å². The topological polar surface area (TPSA) is 58.6 Å². The highest BCUT2D eigenvalue weighted by atomic mass is 19.1. The molecule has 2 aromatic carbocycles. The average Bonchev–Trinajstić information content (AvgIpc) is 2.59. The van der Waals surface area contributed by atoms with Crippen molar-refractivity contribution < 1.29 is 18.7 Å². The number of anilines is 2. The van der Waals surface area contributed by atoms with E-state index in [9.17, 15) is 14.0 Å². The maximum absolute atomic E-state index is 13.4. The van der Waals surface area contributed by atoms with E-state index in [0.717, 1.165) is 11.8 Å². The monoisotopic (exact) mass is 342 g/mol. The minimum Gasteiger partial charge on any atom is -0.452 e. The fraction of sp³-hybridized carbons (Fsp3) is 0.158. The third kappa shape index (κ3) is 5.76. The molecule has 25 heavy (non-hydrogen) atoms. The van der Waals surface area contributed by atoms with Crippen LogP contribution in [-0.2, 0) is 14.3 Å².